The Labute approximate surface area is 105 Å². The van der Waals surface area contributed by atoms with E-state index in [0.29, 0.717) is 0 Å². The summed E-state index contributed by atoms with van der Waals surface area (Å²) in [6.45, 7) is 5.51. The summed E-state index contributed by atoms with van der Waals surface area (Å²) in [6, 6.07) is 6.25. The Hall–Kier alpha value is -1.18. The lowest BCUT2D eigenvalue weighted by atomic mass is 9.80. The Kier molecular flexibility index (Phi) is 3.93. The lowest BCUT2D eigenvalue weighted by Gasteiger charge is -2.29. The lowest BCUT2D eigenvalue weighted by molar-refractivity contribution is 0.268. The number of benzene rings is 1. The first-order chi connectivity index (χ1) is 8.16. The van der Waals surface area contributed by atoms with E-state index in [1.54, 1.807) is 0 Å². The highest BCUT2D eigenvalue weighted by Crippen LogP contribution is 2.29. The van der Waals surface area contributed by atoms with E-state index in [2.05, 4.69) is 24.4 Å². The van der Waals surface area contributed by atoms with E-state index in [0.717, 1.165) is 35.3 Å². The van der Waals surface area contributed by atoms with Crippen LogP contribution in [0.15, 0.2) is 18.2 Å². The predicted molar refractivity (Wildman–Crippen MR) is 75.2 cm³/mol. The van der Waals surface area contributed by atoms with Gasteiger partial charge in [0.25, 0.3) is 0 Å². The van der Waals surface area contributed by atoms with Gasteiger partial charge in [0, 0.05) is 17.9 Å². The molecule has 1 aliphatic rings. The molecule has 2 heteroatoms. The van der Waals surface area contributed by atoms with Gasteiger partial charge in [0.1, 0.15) is 0 Å². The minimum atomic E-state index is 0.825. The molecule has 2 nitrogen and oxygen atoms in total. The molecule has 1 aliphatic carbocycles. The van der Waals surface area contributed by atoms with Crippen molar-refractivity contribution in [2.75, 3.05) is 17.6 Å². The molecule has 1 aromatic rings. The van der Waals surface area contributed by atoms with Gasteiger partial charge in [-0.05, 0) is 42.9 Å². The Balaban J connectivity index is 1.90. The summed E-state index contributed by atoms with van der Waals surface area (Å²) in [7, 11) is 0. The molecule has 0 saturated heterocycles. The van der Waals surface area contributed by atoms with Gasteiger partial charge in [-0.15, -0.1) is 0 Å². The topological polar surface area (TPSA) is 38.0 Å². The molecule has 1 fully saturated rings. The summed E-state index contributed by atoms with van der Waals surface area (Å²) in [6.07, 6.45) is 5.57. The zero-order chi connectivity index (χ0) is 12.3. The van der Waals surface area contributed by atoms with Gasteiger partial charge in [-0.1, -0.05) is 32.3 Å². The van der Waals surface area contributed by atoms with E-state index >= 15 is 0 Å². The smallest absolute Gasteiger partial charge is 0.0364 e. The molecule has 0 amide bonds. The van der Waals surface area contributed by atoms with E-state index in [4.69, 9.17) is 5.73 Å². The van der Waals surface area contributed by atoms with Gasteiger partial charge < -0.3 is 11.1 Å². The minimum absolute atomic E-state index is 0.825. The second kappa shape index (κ2) is 5.44. The number of hydrogen-bond acceptors (Lipinski definition) is 2. The highest BCUT2D eigenvalue weighted by atomic mass is 14.9. The third-order valence-electron chi connectivity index (χ3n) is 4.14. The third kappa shape index (κ3) is 3.15. The van der Waals surface area contributed by atoms with E-state index < -0.39 is 0 Å². The van der Waals surface area contributed by atoms with E-state index in [1.807, 2.05) is 13.0 Å². The second-order valence-corrected chi connectivity index (χ2v) is 5.47. The zero-order valence-corrected chi connectivity index (χ0v) is 11.0. The fourth-order valence-corrected chi connectivity index (χ4v) is 2.70. The van der Waals surface area contributed by atoms with Crippen LogP contribution in [0.2, 0.25) is 0 Å². The number of nitrogens with two attached hydrogens (primary N) is 1. The molecule has 0 heterocycles. The summed E-state index contributed by atoms with van der Waals surface area (Å²) in [4.78, 5) is 0. The normalized spacial score (nSPS) is 24.6. The minimum Gasteiger partial charge on any atom is -0.398 e. The van der Waals surface area contributed by atoms with Crippen LogP contribution in [-0.2, 0) is 0 Å². The van der Waals surface area contributed by atoms with Crippen molar-refractivity contribution in [1.82, 2.24) is 0 Å². The lowest BCUT2D eigenvalue weighted by Crippen LogP contribution is -2.24. The quantitative estimate of drug-likeness (QED) is 0.778. The molecule has 0 bridgehead atoms. The average molecular weight is 232 g/mol. The number of nitrogens with one attached hydrogen (secondary N) is 1. The molecule has 2 atom stereocenters. The fourth-order valence-electron chi connectivity index (χ4n) is 2.70. The van der Waals surface area contributed by atoms with Crippen molar-refractivity contribution >= 4 is 11.4 Å². The molecular formula is C15H24N2. The van der Waals surface area contributed by atoms with Crippen molar-refractivity contribution in [3.63, 3.8) is 0 Å². The summed E-state index contributed by atoms with van der Waals surface area (Å²) in [5.41, 5.74) is 9.11. The van der Waals surface area contributed by atoms with Gasteiger partial charge >= 0.3 is 0 Å². The molecule has 0 spiro atoms. The molecule has 94 valence electrons. The summed E-state index contributed by atoms with van der Waals surface area (Å²) < 4.78 is 0. The standard InChI is InChI=1S/C15H24N2/c1-11-5-3-4-6-13(11)10-17-14-8-7-12(2)15(16)9-14/h7-9,11,13,17H,3-6,10,16H2,1-2H3. The first-order valence-corrected chi connectivity index (χ1v) is 6.77. The average Bonchev–Trinajstić information content (AvgIpc) is 2.32. The van der Waals surface area contributed by atoms with Gasteiger partial charge in [-0.3, -0.25) is 0 Å². The van der Waals surface area contributed by atoms with Gasteiger partial charge in [0.15, 0.2) is 0 Å². The fraction of sp³-hybridized carbons (Fsp3) is 0.600. The molecular weight excluding hydrogens is 208 g/mol. The maximum absolute atomic E-state index is 5.92. The van der Waals surface area contributed by atoms with Crippen molar-refractivity contribution in [1.29, 1.82) is 0 Å². The molecule has 1 saturated carbocycles. The van der Waals surface area contributed by atoms with Crippen molar-refractivity contribution < 1.29 is 0 Å². The van der Waals surface area contributed by atoms with Gasteiger partial charge in [-0.25, -0.2) is 0 Å². The number of rotatable bonds is 3. The molecule has 3 N–H and O–H groups in total. The van der Waals surface area contributed by atoms with Crippen molar-refractivity contribution in [2.24, 2.45) is 11.8 Å². The molecule has 0 aliphatic heterocycles. The molecule has 0 aromatic heterocycles. The van der Waals surface area contributed by atoms with Crippen LogP contribution in [0.3, 0.4) is 0 Å². The van der Waals surface area contributed by atoms with Crippen LogP contribution in [0.1, 0.15) is 38.2 Å². The first kappa shape index (κ1) is 12.3. The van der Waals surface area contributed by atoms with Crippen LogP contribution >= 0.6 is 0 Å². The largest absolute Gasteiger partial charge is 0.398 e. The number of hydrogen-bond donors (Lipinski definition) is 2. The molecule has 1 aromatic carbocycles. The Morgan fingerprint density at radius 1 is 1.29 bits per heavy atom. The summed E-state index contributed by atoms with van der Waals surface area (Å²) in [5.74, 6) is 1.69. The number of anilines is 2. The van der Waals surface area contributed by atoms with Crippen LogP contribution in [0.5, 0.6) is 0 Å². The molecule has 17 heavy (non-hydrogen) atoms. The SMILES string of the molecule is Cc1ccc(NCC2CCCCC2C)cc1N. The van der Waals surface area contributed by atoms with Crippen LogP contribution < -0.4 is 11.1 Å². The molecule has 2 rings (SSSR count). The van der Waals surface area contributed by atoms with Crippen LogP contribution in [0, 0.1) is 18.8 Å². The predicted octanol–water partition coefficient (Wildman–Crippen LogP) is 3.82. The van der Waals surface area contributed by atoms with Crippen molar-refractivity contribution in [3.05, 3.63) is 23.8 Å². The van der Waals surface area contributed by atoms with Crippen LogP contribution in [0.4, 0.5) is 11.4 Å². The van der Waals surface area contributed by atoms with Gasteiger partial charge in [-0.2, -0.15) is 0 Å². The zero-order valence-electron chi connectivity index (χ0n) is 11.0. The maximum atomic E-state index is 5.92. The number of nitrogen functional groups attached to an aromatic ring is 1. The number of aryl methyl sites for hydroxylation is 1. The van der Waals surface area contributed by atoms with Gasteiger partial charge in [0.2, 0.25) is 0 Å². The van der Waals surface area contributed by atoms with Crippen molar-refractivity contribution in [3.8, 4) is 0 Å². The molecule has 2 unspecified atom stereocenters. The second-order valence-electron chi connectivity index (χ2n) is 5.47. The highest BCUT2D eigenvalue weighted by molar-refractivity contribution is 5.58. The highest BCUT2D eigenvalue weighted by Gasteiger charge is 2.20. The Morgan fingerprint density at radius 3 is 2.76 bits per heavy atom. The van der Waals surface area contributed by atoms with E-state index in [9.17, 15) is 0 Å². The summed E-state index contributed by atoms with van der Waals surface area (Å²) in [5, 5.41) is 3.53. The van der Waals surface area contributed by atoms with Gasteiger partial charge in [0.05, 0.1) is 0 Å². The van der Waals surface area contributed by atoms with Crippen LogP contribution in [0.25, 0.3) is 0 Å². The summed E-state index contributed by atoms with van der Waals surface area (Å²) >= 11 is 0. The third-order valence-corrected chi connectivity index (χ3v) is 4.14. The first-order valence-electron chi connectivity index (χ1n) is 6.77. The maximum Gasteiger partial charge on any atom is 0.0364 e. The molecule has 0 radical (unpaired) electrons. The van der Waals surface area contributed by atoms with Crippen LogP contribution in [-0.4, -0.2) is 6.54 Å². The van der Waals surface area contributed by atoms with Crippen molar-refractivity contribution in [2.45, 2.75) is 39.5 Å². The Morgan fingerprint density at radius 2 is 2.06 bits per heavy atom. The van der Waals surface area contributed by atoms with E-state index in [-0.39, 0.29) is 0 Å². The Bertz CT molecular complexity index is 373. The monoisotopic (exact) mass is 232 g/mol. The van der Waals surface area contributed by atoms with E-state index in [1.165, 1.54) is 25.7 Å².